The number of hydrogen-bond acceptors (Lipinski definition) is 3. The second-order valence-electron chi connectivity index (χ2n) is 7.06. The predicted molar refractivity (Wildman–Crippen MR) is 109 cm³/mol. The number of carbonyl (C=O) groups is 1. The minimum atomic E-state index is -0.0730. The Bertz CT molecular complexity index is 685. The molecule has 0 atom stereocenters. The standard InChI is InChI=1S/C22H29N3O2/c26-17-7-14-25(22(27)23-20-10-5-2-6-11-20)21-12-15-24(16-13-21)18-19-8-3-1-4-9-19/h1-6,8-11,21,26H,7,12-18H2,(H,23,27). The van der Waals surface area contributed by atoms with Crippen LogP contribution in [0.2, 0.25) is 0 Å². The smallest absolute Gasteiger partial charge is 0.322 e. The Morgan fingerprint density at radius 1 is 1.04 bits per heavy atom. The van der Waals surface area contributed by atoms with Crippen LogP contribution in [-0.4, -0.2) is 53.2 Å². The molecular weight excluding hydrogens is 338 g/mol. The molecule has 1 aliphatic rings. The molecule has 5 nitrogen and oxygen atoms in total. The fourth-order valence-corrected chi connectivity index (χ4v) is 3.64. The van der Waals surface area contributed by atoms with Gasteiger partial charge in [-0.25, -0.2) is 4.79 Å². The Balaban J connectivity index is 1.56. The lowest BCUT2D eigenvalue weighted by Crippen LogP contribution is -2.49. The van der Waals surface area contributed by atoms with Crippen LogP contribution in [0.3, 0.4) is 0 Å². The number of likely N-dealkylation sites (tertiary alicyclic amines) is 1. The summed E-state index contributed by atoms with van der Waals surface area (Å²) in [6, 6.07) is 20.2. The lowest BCUT2D eigenvalue weighted by atomic mass is 10.0. The van der Waals surface area contributed by atoms with Crippen LogP contribution >= 0.6 is 0 Å². The molecule has 0 bridgehead atoms. The van der Waals surface area contributed by atoms with Gasteiger partial charge < -0.3 is 15.3 Å². The van der Waals surface area contributed by atoms with Crippen LogP contribution in [0, 0.1) is 0 Å². The summed E-state index contributed by atoms with van der Waals surface area (Å²) in [5.41, 5.74) is 2.13. The summed E-state index contributed by atoms with van der Waals surface area (Å²) in [5, 5.41) is 12.2. The van der Waals surface area contributed by atoms with E-state index in [0.717, 1.165) is 38.2 Å². The molecule has 2 amide bonds. The van der Waals surface area contributed by atoms with Crippen LogP contribution in [0.5, 0.6) is 0 Å². The molecular formula is C22H29N3O2. The molecule has 1 saturated heterocycles. The van der Waals surface area contributed by atoms with Gasteiger partial charge in [0.2, 0.25) is 0 Å². The molecule has 5 heteroatoms. The first-order chi connectivity index (χ1) is 13.3. The van der Waals surface area contributed by atoms with Crippen molar-refractivity contribution in [2.24, 2.45) is 0 Å². The van der Waals surface area contributed by atoms with E-state index >= 15 is 0 Å². The summed E-state index contributed by atoms with van der Waals surface area (Å²) in [4.78, 5) is 17.2. The molecule has 27 heavy (non-hydrogen) atoms. The maximum Gasteiger partial charge on any atom is 0.322 e. The van der Waals surface area contributed by atoms with Crippen molar-refractivity contribution in [3.8, 4) is 0 Å². The summed E-state index contributed by atoms with van der Waals surface area (Å²) < 4.78 is 0. The zero-order valence-electron chi connectivity index (χ0n) is 15.8. The van der Waals surface area contributed by atoms with Gasteiger partial charge in [-0.1, -0.05) is 48.5 Å². The molecule has 1 aliphatic heterocycles. The topological polar surface area (TPSA) is 55.8 Å². The number of nitrogens with one attached hydrogen (secondary N) is 1. The highest BCUT2D eigenvalue weighted by Crippen LogP contribution is 2.20. The number of amides is 2. The molecule has 0 radical (unpaired) electrons. The number of para-hydroxylation sites is 1. The van der Waals surface area contributed by atoms with Gasteiger partial charge in [0.25, 0.3) is 0 Å². The van der Waals surface area contributed by atoms with Gasteiger partial charge in [0, 0.05) is 44.5 Å². The monoisotopic (exact) mass is 367 g/mol. The van der Waals surface area contributed by atoms with E-state index in [0.29, 0.717) is 13.0 Å². The molecule has 0 aromatic heterocycles. The first-order valence-electron chi connectivity index (χ1n) is 9.76. The third kappa shape index (κ3) is 5.81. The normalized spacial score (nSPS) is 15.4. The van der Waals surface area contributed by atoms with Crippen LogP contribution in [0.15, 0.2) is 60.7 Å². The van der Waals surface area contributed by atoms with E-state index in [4.69, 9.17) is 0 Å². The van der Waals surface area contributed by atoms with Crippen molar-refractivity contribution in [3.05, 3.63) is 66.2 Å². The van der Waals surface area contributed by atoms with E-state index in [-0.39, 0.29) is 18.7 Å². The quantitative estimate of drug-likeness (QED) is 0.787. The van der Waals surface area contributed by atoms with Gasteiger partial charge in [0.1, 0.15) is 0 Å². The van der Waals surface area contributed by atoms with Gasteiger partial charge in [-0.3, -0.25) is 4.90 Å². The number of urea groups is 1. The molecule has 0 saturated carbocycles. The Morgan fingerprint density at radius 3 is 2.30 bits per heavy atom. The van der Waals surface area contributed by atoms with Gasteiger partial charge in [0.05, 0.1) is 0 Å². The van der Waals surface area contributed by atoms with E-state index in [1.807, 2.05) is 41.3 Å². The highest BCUT2D eigenvalue weighted by atomic mass is 16.3. The summed E-state index contributed by atoms with van der Waals surface area (Å²) in [7, 11) is 0. The Labute approximate surface area is 161 Å². The Kier molecular flexibility index (Phi) is 7.25. The number of carbonyl (C=O) groups excluding carboxylic acids is 1. The minimum absolute atomic E-state index is 0.0730. The second kappa shape index (κ2) is 10.1. The lowest BCUT2D eigenvalue weighted by Gasteiger charge is -2.38. The van der Waals surface area contributed by atoms with Crippen molar-refractivity contribution in [1.82, 2.24) is 9.80 Å². The zero-order valence-corrected chi connectivity index (χ0v) is 15.8. The van der Waals surface area contributed by atoms with E-state index in [1.165, 1.54) is 5.56 Å². The van der Waals surface area contributed by atoms with E-state index in [2.05, 4.69) is 34.5 Å². The molecule has 1 heterocycles. The number of rotatable bonds is 7. The van der Waals surface area contributed by atoms with Crippen molar-refractivity contribution in [2.75, 3.05) is 31.6 Å². The number of nitrogens with zero attached hydrogens (tertiary/aromatic N) is 2. The van der Waals surface area contributed by atoms with E-state index in [9.17, 15) is 9.90 Å². The third-order valence-electron chi connectivity index (χ3n) is 5.09. The van der Waals surface area contributed by atoms with Crippen LogP contribution < -0.4 is 5.32 Å². The van der Waals surface area contributed by atoms with Crippen LogP contribution in [0.1, 0.15) is 24.8 Å². The largest absolute Gasteiger partial charge is 0.396 e. The minimum Gasteiger partial charge on any atom is -0.396 e. The Hall–Kier alpha value is -2.37. The average Bonchev–Trinajstić information content (AvgIpc) is 2.71. The van der Waals surface area contributed by atoms with Gasteiger partial charge >= 0.3 is 6.03 Å². The summed E-state index contributed by atoms with van der Waals surface area (Å²) in [5.74, 6) is 0. The average molecular weight is 367 g/mol. The molecule has 1 fully saturated rings. The Morgan fingerprint density at radius 2 is 1.67 bits per heavy atom. The van der Waals surface area contributed by atoms with Crippen molar-refractivity contribution in [1.29, 1.82) is 0 Å². The first-order valence-corrected chi connectivity index (χ1v) is 9.76. The van der Waals surface area contributed by atoms with E-state index < -0.39 is 0 Å². The zero-order chi connectivity index (χ0) is 18.9. The predicted octanol–water partition coefficient (Wildman–Crippen LogP) is 3.57. The maximum atomic E-state index is 12.8. The fourth-order valence-electron chi connectivity index (χ4n) is 3.64. The number of anilines is 1. The summed E-state index contributed by atoms with van der Waals surface area (Å²) >= 11 is 0. The highest BCUT2D eigenvalue weighted by molar-refractivity contribution is 5.89. The molecule has 3 rings (SSSR count). The molecule has 2 N–H and O–H groups in total. The van der Waals surface area contributed by atoms with Crippen LogP contribution in [0.4, 0.5) is 10.5 Å². The lowest BCUT2D eigenvalue weighted by molar-refractivity contribution is 0.118. The molecule has 0 spiro atoms. The number of aliphatic hydroxyl groups is 1. The van der Waals surface area contributed by atoms with Crippen molar-refractivity contribution in [2.45, 2.75) is 31.8 Å². The van der Waals surface area contributed by atoms with Crippen molar-refractivity contribution in [3.63, 3.8) is 0 Å². The number of hydrogen-bond donors (Lipinski definition) is 2. The number of aliphatic hydroxyl groups excluding tert-OH is 1. The maximum absolute atomic E-state index is 12.8. The summed E-state index contributed by atoms with van der Waals surface area (Å²) in [6.07, 6.45) is 2.52. The number of benzene rings is 2. The van der Waals surface area contributed by atoms with Crippen LogP contribution in [-0.2, 0) is 6.54 Å². The van der Waals surface area contributed by atoms with Gasteiger partial charge in [-0.05, 0) is 37.0 Å². The second-order valence-corrected chi connectivity index (χ2v) is 7.06. The molecule has 2 aromatic carbocycles. The highest BCUT2D eigenvalue weighted by Gasteiger charge is 2.27. The fraction of sp³-hybridized carbons (Fsp3) is 0.409. The SMILES string of the molecule is O=C(Nc1ccccc1)N(CCCO)C1CCN(Cc2ccccc2)CC1. The molecule has 2 aromatic rings. The summed E-state index contributed by atoms with van der Waals surface area (Å²) in [6.45, 7) is 3.60. The first kappa shape index (κ1) is 19.4. The van der Waals surface area contributed by atoms with Crippen LogP contribution in [0.25, 0.3) is 0 Å². The molecule has 0 unspecified atom stereocenters. The van der Waals surface area contributed by atoms with E-state index in [1.54, 1.807) is 0 Å². The molecule has 0 aliphatic carbocycles. The van der Waals surface area contributed by atoms with Gasteiger partial charge in [0.15, 0.2) is 0 Å². The van der Waals surface area contributed by atoms with Crippen molar-refractivity contribution >= 4 is 11.7 Å². The molecule has 144 valence electrons. The van der Waals surface area contributed by atoms with Gasteiger partial charge in [-0.15, -0.1) is 0 Å². The van der Waals surface area contributed by atoms with Gasteiger partial charge in [-0.2, -0.15) is 0 Å². The third-order valence-corrected chi connectivity index (χ3v) is 5.09. The number of piperidine rings is 1. The van der Waals surface area contributed by atoms with Crippen molar-refractivity contribution < 1.29 is 9.90 Å².